The molecule has 10 rings (SSSR count). The van der Waals surface area contributed by atoms with Gasteiger partial charge in [-0.15, -0.1) is 0 Å². The predicted molar refractivity (Wildman–Crippen MR) is 281 cm³/mol. The molecular formula is C54H44BBrCl2N8O2. The first kappa shape index (κ1) is 47.2. The van der Waals surface area contributed by atoms with Gasteiger partial charge in [0.25, 0.3) is 0 Å². The van der Waals surface area contributed by atoms with Crippen LogP contribution in [0.5, 0.6) is 0 Å². The van der Waals surface area contributed by atoms with Gasteiger partial charge in [0.05, 0.1) is 35.9 Å². The summed E-state index contributed by atoms with van der Waals surface area (Å²) in [6, 6.07) is 59.7. The van der Waals surface area contributed by atoms with Crippen LogP contribution in [0.1, 0.15) is 11.4 Å². The summed E-state index contributed by atoms with van der Waals surface area (Å²) < 4.78 is 5.52. The van der Waals surface area contributed by atoms with Gasteiger partial charge in [0.2, 0.25) is 0 Å². The SMILES string of the molecule is Nc1cccc(Cn2c(-c3ccc(-c4cccnc4)cc3)ccc2-c2ccccc2Cl)n1.Nc1cccc(Cn2c(-c3ccc(Br)cc3)ccc2-c2ccccc2Cl)n1.OB(O)c1cccnc1. The fourth-order valence-corrected chi connectivity index (χ4v) is 8.33. The van der Waals surface area contributed by atoms with Gasteiger partial charge < -0.3 is 30.6 Å². The standard InChI is InChI=1S/C27H21ClN4.C22H17BrClN3.C5H6BNO2/c28-24-8-2-1-7-23(24)26-15-14-25(32(26)18-22-6-3-9-27(29)31-22)20-12-10-19(11-13-20)21-5-4-16-30-17-21;23-16-10-8-15(9-11-16)20-12-13-21(18-5-1-2-6-19(18)24)27(20)14-17-4-3-7-22(25)26-17;8-6(9)5-2-1-3-7-4-5/h1-17H,18H2,(H2,29,31);1-13H,14H2,(H2,25,26);1-4,8-9H. The van der Waals surface area contributed by atoms with Gasteiger partial charge in [0, 0.05) is 67.3 Å². The fraction of sp³-hybridized carbons (Fsp3) is 0.0370. The first-order chi connectivity index (χ1) is 33.1. The number of nitrogen functional groups attached to an aromatic ring is 2. The van der Waals surface area contributed by atoms with E-state index in [1.54, 1.807) is 36.7 Å². The van der Waals surface area contributed by atoms with Gasteiger partial charge in [-0.3, -0.25) is 9.97 Å². The Hall–Kier alpha value is -7.32. The van der Waals surface area contributed by atoms with Gasteiger partial charge in [0.1, 0.15) is 11.6 Å². The molecule has 6 N–H and O–H groups in total. The molecule has 0 aliphatic carbocycles. The van der Waals surface area contributed by atoms with E-state index in [0.717, 1.165) is 77.0 Å². The Labute approximate surface area is 413 Å². The summed E-state index contributed by atoms with van der Waals surface area (Å²) in [6.45, 7) is 1.18. The molecule has 0 radical (unpaired) electrons. The number of hydrogen-bond acceptors (Lipinski definition) is 8. The molecule has 10 aromatic rings. The third kappa shape index (κ3) is 11.8. The fourth-order valence-electron chi connectivity index (χ4n) is 7.60. The maximum atomic E-state index is 8.54. The summed E-state index contributed by atoms with van der Waals surface area (Å²) in [7, 11) is -1.40. The van der Waals surface area contributed by atoms with Crippen molar-refractivity contribution in [2.75, 3.05) is 11.5 Å². The topological polar surface area (TPSA) is 154 Å². The number of nitrogens with two attached hydrogens (primary N) is 2. The Bertz CT molecular complexity index is 3230. The van der Waals surface area contributed by atoms with Crippen LogP contribution in [0.2, 0.25) is 10.0 Å². The van der Waals surface area contributed by atoms with Crippen LogP contribution in [0, 0.1) is 0 Å². The molecule has 0 saturated carbocycles. The molecule has 0 atom stereocenters. The third-order valence-electron chi connectivity index (χ3n) is 10.9. The molecule has 0 spiro atoms. The van der Waals surface area contributed by atoms with Crippen LogP contribution in [-0.4, -0.2) is 46.2 Å². The van der Waals surface area contributed by atoms with Crippen molar-refractivity contribution in [2.24, 2.45) is 0 Å². The predicted octanol–water partition coefficient (Wildman–Crippen LogP) is 11.6. The minimum atomic E-state index is -1.40. The molecule has 68 heavy (non-hydrogen) atoms. The van der Waals surface area contributed by atoms with Crippen molar-refractivity contribution < 1.29 is 10.0 Å². The van der Waals surface area contributed by atoms with Gasteiger partial charge in [-0.25, -0.2) is 9.97 Å². The zero-order valence-corrected chi connectivity index (χ0v) is 39.6. The van der Waals surface area contributed by atoms with Crippen molar-refractivity contribution in [1.29, 1.82) is 0 Å². The lowest BCUT2D eigenvalue weighted by Crippen LogP contribution is -2.29. The third-order valence-corrected chi connectivity index (χ3v) is 12.0. The molecule has 336 valence electrons. The highest BCUT2D eigenvalue weighted by molar-refractivity contribution is 9.10. The lowest BCUT2D eigenvalue weighted by Gasteiger charge is -2.15. The molecule has 14 heteroatoms. The molecule has 10 nitrogen and oxygen atoms in total. The molecule has 0 saturated heterocycles. The minimum Gasteiger partial charge on any atom is -0.423 e. The van der Waals surface area contributed by atoms with Gasteiger partial charge in [-0.1, -0.05) is 136 Å². The monoisotopic (exact) mass is 996 g/mol. The molecule has 0 aliphatic heterocycles. The van der Waals surface area contributed by atoms with E-state index in [2.05, 4.69) is 112 Å². The normalized spacial score (nSPS) is 10.7. The number of benzene rings is 4. The maximum absolute atomic E-state index is 8.54. The molecule has 0 unspecified atom stereocenters. The quantitative estimate of drug-likeness (QED) is 0.0988. The Morgan fingerprint density at radius 2 is 0.912 bits per heavy atom. The van der Waals surface area contributed by atoms with Crippen LogP contribution >= 0.6 is 39.1 Å². The summed E-state index contributed by atoms with van der Waals surface area (Å²) in [5.41, 5.74) is 24.7. The number of rotatable bonds is 10. The van der Waals surface area contributed by atoms with Crippen LogP contribution in [0.25, 0.3) is 56.2 Å². The molecule has 0 amide bonds. The van der Waals surface area contributed by atoms with Crippen LogP contribution in [0.15, 0.2) is 211 Å². The van der Waals surface area contributed by atoms with E-state index in [1.807, 2.05) is 97.2 Å². The van der Waals surface area contributed by atoms with Crippen molar-refractivity contribution in [3.8, 4) is 56.2 Å². The van der Waals surface area contributed by atoms with Crippen LogP contribution in [0.3, 0.4) is 0 Å². The van der Waals surface area contributed by atoms with Crippen LogP contribution in [-0.2, 0) is 13.1 Å². The summed E-state index contributed by atoms with van der Waals surface area (Å²) in [4.78, 5) is 16.9. The van der Waals surface area contributed by atoms with Crippen molar-refractivity contribution >= 4 is 63.3 Å². The molecular weight excluding hydrogens is 954 g/mol. The molecule has 4 aromatic carbocycles. The highest BCUT2D eigenvalue weighted by Crippen LogP contribution is 2.36. The average molecular weight is 999 g/mol. The summed E-state index contributed by atoms with van der Waals surface area (Å²) in [6.07, 6.45) is 6.64. The second-order valence-corrected chi connectivity index (χ2v) is 17.2. The smallest absolute Gasteiger partial charge is 0.423 e. The van der Waals surface area contributed by atoms with E-state index in [0.29, 0.717) is 35.2 Å². The molecule has 6 heterocycles. The van der Waals surface area contributed by atoms with Gasteiger partial charge >= 0.3 is 7.12 Å². The molecule has 6 aromatic heterocycles. The lowest BCUT2D eigenvalue weighted by molar-refractivity contribution is 0.425. The maximum Gasteiger partial charge on any atom is 0.490 e. The van der Waals surface area contributed by atoms with E-state index in [9.17, 15) is 0 Å². The minimum absolute atomic E-state index is 0.414. The molecule has 0 aliphatic rings. The first-order valence-electron chi connectivity index (χ1n) is 21.5. The number of hydrogen-bond donors (Lipinski definition) is 4. The first-order valence-corrected chi connectivity index (χ1v) is 23.0. The van der Waals surface area contributed by atoms with E-state index < -0.39 is 7.12 Å². The average Bonchev–Trinajstić information content (AvgIpc) is 3.97. The van der Waals surface area contributed by atoms with Crippen LogP contribution < -0.4 is 16.9 Å². The van der Waals surface area contributed by atoms with E-state index >= 15 is 0 Å². The lowest BCUT2D eigenvalue weighted by atomic mass is 9.82. The van der Waals surface area contributed by atoms with E-state index in [4.69, 9.17) is 44.7 Å². The number of nitrogens with zero attached hydrogens (tertiary/aromatic N) is 6. The summed E-state index contributed by atoms with van der Waals surface area (Å²) >= 11 is 16.5. The largest absolute Gasteiger partial charge is 0.490 e. The van der Waals surface area contributed by atoms with Gasteiger partial charge in [-0.2, -0.15) is 0 Å². The summed E-state index contributed by atoms with van der Waals surface area (Å²) in [5, 5.41) is 18.5. The van der Waals surface area contributed by atoms with Gasteiger partial charge in [-0.05, 0) is 107 Å². The number of anilines is 2. The zero-order valence-electron chi connectivity index (χ0n) is 36.5. The van der Waals surface area contributed by atoms with Crippen molar-refractivity contribution in [2.45, 2.75) is 13.1 Å². The Kier molecular flexibility index (Phi) is 15.6. The Balaban J connectivity index is 0.000000157. The summed E-state index contributed by atoms with van der Waals surface area (Å²) in [5.74, 6) is 1.03. The van der Waals surface area contributed by atoms with Crippen molar-refractivity contribution in [3.05, 3.63) is 233 Å². The second-order valence-electron chi connectivity index (χ2n) is 15.4. The Morgan fingerprint density at radius 3 is 1.34 bits per heavy atom. The molecule has 0 bridgehead atoms. The second kappa shape index (κ2) is 22.5. The van der Waals surface area contributed by atoms with E-state index in [-0.39, 0.29) is 0 Å². The van der Waals surface area contributed by atoms with Crippen molar-refractivity contribution in [1.82, 2.24) is 29.1 Å². The number of pyridine rings is 4. The highest BCUT2D eigenvalue weighted by atomic mass is 79.9. The van der Waals surface area contributed by atoms with E-state index in [1.165, 1.54) is 6.20 Å². The highest BCUT2D eigenvalue weighted by Gasteiger charge is 2.17. The van der Waals surface area contributed by atoms with Crippen LogP contribution in [0.4, 0.5) is 11.6 Å². The number of aromatic nitrogens is 6. The zero-order chi connectivity index (χ0) is 47.4. The molecule has 0 fully saturated rings. The van der Waals surface area contributed by atoms with Gasteiger partial charge in [0.15, 0.2) is 0 Å². The number of halogens is 3. The van der Waals surface area contributed by atoms with Crippen molar-refractivity contribution in [3.63, 3.8) is 0 Å². The Morgan fingerprint density at radius 1 is 0.456 bits per heavy atom.